The van der Waals surface area contributed by atoms with Crippen molar-refractivity contribution in [2.45, 2.75) is 19.4 Å². The fourth-order valence-corrected chi connectivity index (χ4v) is 2.66. The Morgan fingerprint density at radius 2 is 2.29 bits per heavy atom. The molecule has 5 heteroatoms. The van der Waals surface area contributed by atoms with E-state index in [-0.39, 0.29) is 6.61 Å². The molecule has 0 radical (unpaired) electrons. The highest BCUT2D eigenvalue weighted by molar-refractivity contribution is 6.34. The van der Waals surface area contributed by atoms with E-state index in [0.29, 0.717) is 16.1 Å². The molecule has 1 atom stereocenters. The smallest absolute Gasteiger partial charge is 0.130 e. The van der Waals surface area contributed by atoms with Gasteiger partial charge in [-0.1, -0.05) is 23.2 Å². The molecule has 0 saturated carbocycles. The molecule has 0 bridgehead atoms. The topological polar surface area (TPSA) is 36.4 Å². The van der Waals surface area contributed by atoms with Crippen molar-refractivity contribution in [2.75, 3.05) is 19.7 Å². The fourth-order valence-electron chi connectivity index (χ4n) is 2.24. The summed E-state index contributed by atoms with van der Waals surface area (Å²) in [5.74, 6) is 0.391. The molecule has 1 saturated heterocycles. The minimum atomic E-state index is 0.267. The van der Waals surface area contributed by atoms with E-state index in [4.69, 9.17) is 23.2 Å². The quantitative estimate of drug-likeness (QED) is 0.861. The van der Waals surface area contributed by atoms with Gasteiger partial charge in [0.2, 0.25) is 0 Å². The summed E-state index contributed by atoms with van der Waals surface area (Å²) in [4.78, 5) is 6.36. The van der Waals surface area contributed by atoms with Crippen LogP contribution < -0.4 is 0 Å². The third-order valence-corrected chi connectivity index (χ3v) is 3.71. The summed E-state index contributed by atoms with van der Waals surface area (Å²) in [5, 5.41) is 10.3. The molecule has 0 aromatic carbocycles. The second-order valence-corrected chi connectivity index (χ2v) is 5.32. The lowest BCUT2D eigenvalue weighted by Crippen LogP contribution is -2.36. The maximum atomic E-state index is 9.18. The van der Waals surface area contributed by atoms with E-state index in [1.807, 2.05) is 0 Å². The van der Waals surface area contributed by atoms with Crippen molar-refractivity contribution in [3.05, 3.63) is 28.0 Å². The zero-order chi connectivity index (χ0) is 12.3. The first-order valence-corrected chi connectivity index (χ1v) is 6.57. The minimum absolute atomic E-state index is 0.267. The van der Waals surface area contributed by atoms with Crippen LogP contribution in [-0.4, -0.2) is 34.7 Å². The van der Waals surface area contributed by atoms with E-state index < -0.39 is 0 Å². The SMILES string of the molecule is OCC1CCCN(Cc2cnc(Cl)cc2Cl)C1. The van der Waals surface area contributed by atoms with Crippen LogP contribution in [0.1, 0.15) is 18.4 Å². The first kappa shape index (κ1) is 13.1. The molecule has 2 heterocycles. The maximum Gasteiger partial charge on any atom is 0.130 e. The Morgan fingerprint density at radius 1 is 1.47 bits per heavy atom. The number of aromatic nitrogens is 1. The molecule has 1 fully saturated rings. The minimum Gasteiger partial charge on any atom is -0.396 e. The Bertz CT molecular complexity index is 387. The van der Waals surface area contributed by atoms with E-state index >= 15 is 0 Å². The van der Waals surface area contributed by atoms with Crippen LogP contribution in [0.5, 0.6) is 0 Å². The highest BCUT2D eigenvalue weighted by Gasteiger charge is 2.19. The number of aliphatic hydroxyl groups is 1. The Labute approximate surface area is 111 Å². The van der Waals surface area contributed by atoms with Gasteiger partial charge in [-0.3, -0.25) is 4.90 Å². The van der Waals surface area contributed by atoms with Crippen molar-refractivity contribution in [3.63, 3.8) is 0 Å². The second kappa shape index (κ2) is 6.01. The Hall–Kier alpha value is -0.350. The van der Waals surface area contributed by atoms with Crippen LogP contribution in [0, 0.1) is 5.92 Å². The van der Waals surface area contributed by atoms with Gasteiger partial charge >= 0.3 is 0 Å². The summed E-state index contributed by atoms with van der Waals surface area (Å²) in [6.45, 7) is 3.02. The molecule has 2 rings (SSSR count). The molecule has 1 aromatic rings. The van der Waals surface area contributed by atoms with Gasteiger partial charge in [-0.05, 0) is 31.4 Å². The average molecular weight is 275 g/mol. The number of hydrogen-bond donors (Lipinski definition) is 1. The summed E-state index contributed by atoms with van der Waals surface area (Å²) < 4.78 is 0. The number of rotatable bonds is 3. The summed E-state index contributed by atoms with van der Waals surface area (Å²) in [6.07, 6.45) is 3.97. The van der Waals surface area contributed by atoms with Crippen LogP contribution in [-0.2, 0) is 6.54 Å². The largest absolute Gasteiger partial charge is 0.396 e. The van der Waals surface area contributed by atoms with Crippen LogP contribution in [0.4, 0.5) is 0 Å². The molecule has 94 valence electrons. The third-order valence-electron chi connectivity index (χ3n) is 3.15. The lowest BCUT2D eigenvalue weighted by Gasteiger charge is -2.31. The van der Waals surface area contributed by atoms with Crippen LogP contribution in [0.25, 0.3) is 0 Å². The summed E-state index contributed by atoms with van der Waals surface area (Å²) in [5.41, 5.74) is 0.995. The second-order valence-electron chi connectivity index (χ2n) is 4.52. The lowest BCUT2D eigenvalue weighted by molar-refractivity contribution is 0.116. The van der Waals surface area contributed by atoms with Crippen molar-refractivity contribution in [2.24, 2.45) is 5.92 Å². The van der Waals surface area contributed by atoms with Gasteiger partial charge in [0, 0.05) is 36.5 Å². The van der Waals surface area contributed by atoms with E-state index in [2.05, 4.69) is 9.88 Å². The highest BCUT2D eigenvalue weighted by atomic mass is 35.5. The van der Waals surface area contributed by atoms with Crippen molar-refractivity contribution >= 4 is 23.2 Å². The molecule has 17 heavy (non-hydrogen) atoms. The van der Waals surface area contributed by atoms with Gasteiger partial charge in [-0.25, -0.2) is 4.98 Å². The molecular formula is C12H16Cl2N2O. The first-order chi connectivity index (χ1) is 8.19. The third kappa shape index (κ3) is 3.55. The van der Waals surface area contributed by atoms with Crippen LogP contribution in [0.15, 0.2) is 12.3 Å². The molecule has 1 aliphatic rings. The van der Waals surface area contributed by atoms with Gasteiger partial charge in [-0.2, -0.15) is 0 Å². The number of piperidine rings is 1. The Balaban J connectivity index is 2.00. The van der Waals surface area contributed by atoms with Crippen molar-refractivity contribution in [1.82, 2.24) is 9.88 Å². The van der Waals surface area contributed by atoms with E-state index in [1.54, 1.807) is 12.3 Å². The molecule has 1 unspecified atom stereocenters. The predicted octanol–water partition coefficient (Wildman–Crippen LogP) is 2.59. The number of halogens is 2. The van der Waals surface area contributed by atoms with Crippen LogP contribution in [0.3, 0.4) is 0 Å². The lowest BCUT2D eigenvalue weighted by atomic mass is 9.99. The van der Waals surface area contributed by atoms with Gasteiger partial charge in [0.1, 0.15) is 5.15 Å². The van der Waals surface area contributed by atoms with Crippen molar-refractivity contribution < 1.29 is 5.11 Å². The van der Waals surface area contributed by atoms with Gasteiger partial charge in [0.15, 0.2) is 0 Å². The molecule has 3 nitrogen and oxygen atoms in total. The van der Waals surface area contributed by atoms with Crippen molar-refractivity contribution in [1.29, 1.82) is 0 Å². The monoisotopic (exact) mass is 274 g/mol. The zero-order valence-corrected chi connectivity index (χ0v) is 11.1. The number of hydrogen-bond acceptors (Lipinski definition) is 3. The van der Waals surface area contributed by atoms with E-state index in [9.17, 15) is 5.11 Å². The van der Waals surface area contributed by atoms with Crippen LogP contribution >= 0.6 is 23.2 Å². The fraction of sp³-hybridized carbons (Fsp3) is 0.583. The molecule has 1 N–H and O–H groups in total. The van der Waals surface area contributed by atoms with Crippen LogP contribution in [0.2, 0.25) is 10.2 Å². The van der Waals surface area contributed by atoms with Gasteiger partial charge in [0.05, 0.1) is 0 Å². The van der Waals surface area contributed by atoms with Crippen molar-refractivity contribution in [3.8, 4) is 0 Å². The van der Waals surface area contributed by atoms with Gasteiger partial charge in [0.25, 0.3) is 0 Å². The number of nitrogens with zero attached hydrogens (tertiary/aromatic N) is 2. The predicted molar refractivity (Wildman–Crippen MR) is 69.3 cm³/mol. The van der Waals surface area contributed by atoms with Gasteiger partial charge < -0.3 is 5.11 Å². The molecule has 1 aliphatic heterocycles. The standard InChI is InChI=1S/C12H16Cl2N2O/c13-11-4-12(14)15-5-10(11)7-16-3-1-2-9(6-16)8-17/h4-5,9,17H,1-3,6-8H2. The van der Waals surface area contributed by atoms with E-state index in [0.717, 1.165) is 38.0 Å². The zero-order valence-electron chi connectivity index (χ0n) is 9.57. The summed E-state index contributed by atoms with van der Waals surface area (Å²) >= 11 is 11.9. The van der Waals surface area contributed by atoms with E-state index in [1.165, 1.54) is 0 Å². The normalized spacial score (nSPS) is 21.7. The number of likely N-dealkylation sites (tertiary alicyclic amines) is 1. The Morgan fingerprint density at radius 3 is 3.00 bits per heavy atom. The summed E-state index contributed by atoms with van der Waals surface area (Å²) in [6, 6.07) is 1.67. The number of aliphatic hydroxyl groups excluding tert-OH is 1. The van der Waals surface area contributed by atoms with Gasteiger partial charge in [-0.15, -0.1) is 0 Å². The average Bonchev–Trinajstić information content (AvgIpc) is 2.33. The molecule has 0 amide bonds. The first-order valence-electron chi connectivity index (χ1n) is 5.82. The summed E-state index contributed by atoms with van der Waals surface area (Å²) in [7, 11) is 0. The highest BCUT2D eigenvalue weighted by Crippen LogP contribution is 2.23. The maximum absolute atomic E-state index is 9.18. The molecule has 0 aliphatic carbocycles. The molecule has 0 spiro atoms. The molecular weight excluding hydrogens is 259 g/mol. The number of pyridine rings is 1. The Kier molecular flexibility index (Phi) is 4.62. The molecule has 1 aromatic heterocycles.